The van der Waals surface area contributed by atoms with Gasteiger partial charge in [-0.2, -0.15) is 0 Å². The van der Waals surface area contributed by atoms with E-state index < -0.39 is 0 Å². The fourth-order valence-electron chi connectivity index (χ4n) is 7.19. The molecule has 1 amide bonds. The molecule has 2 aromatic carbocycles. The van der Waals surface area contributed by atoms with Gasteiger partial charge in [-0.25, -0.2) is 5.43 Å². The highest BCUT2D eigenvalue weighted by Gasteiger charge is 2.84. The third-order valence-electron chi connectivity index (χ3n) is 9.37. The number of rotatable bonds is 9. The molecule has 3 saturated carbocycles. The Morgan fingerprint density at radius 1 is 1.16 bits per heavy atom. The van der Waals surface area contributed by atoms with Crippen molar-refractivity contribution in [1.82, 2.24) is 16.2 Å². The van der Waals surface area contributed by atoms with Gasteiger partial charge in [-0.1, -0.05) is 44.2 Å². The molecule has 2 heterocycles. The van der Waals surface area contributed by atoms with Crippen LogP contribution in [0.25, 0.3) is 0 Å². The Kier molecular flexibility index (Phi) is 6.24. The number of hydrogen-bond acceptors (Lipinski definition) is 6. The van der Waals surface area contributed by atoms with Crippen molar-refractivity contribution >= 4 is 12.2 Å². The number of ether oxygens (including phenoxy) is 2. The molecule has 7 heteroatoms. The summed E-state index contributed by atoms with van der Waals surface area (Å²) >= 11 is 0. The minimum atomic E-state index is -0.160. The number of carbonyl (C=O) groups excluding carboxylic acids is 1. The second-order valence-electron chi connectivity index (χ2n) is 11.1. The van der Waals surface area contributed by atoms with Crippen LogP contribution in [0.4, 0.5) is 0 Å². The van der Waals surface area contributed by atoms with Gasteiger partial charge in [0.15, 0.2) is 0 Å². The zero-order valence-electron chi connectivity index (χ0n) is 21.8. The summed E-state index contributed by atoms with van der Waals surface area (Å²) in [6, 6.07) is 18.5. The number of hydrazine groups is 1. The molecular weight excluding hydrogens is 464 g/mol. The largest absolute Gasteiger partial charge is 0.457 e. The normalized spacial score (nSPS) is 35.7. The minimum absolute atomic E-state index is 0. The number of para-hydroxylation sites is 1. The van der Waals surface area contributed by atoms with Gasteiger partial charge < -0.3 is 20.2 Å². The second-order valence-corrected chi connectivity index (χ2v) is 11.1. The standard InChI is InChI=1S/C28H32N4O3.C2H6.2H2/c33-25(29-15-24-30-18-31-32-24)23-13-19(23)9-10-26-16-27(26)11-12-28(27,34-17-26)20-5-4-8-22(14-20)35-21-6-2-1-3-7-21;1-2;;/h1-8,14,18-19,23-24,32H,9-13,15-17H2,(H,29,33)(H,30,31);1-2H3;2*1H/t19-,23-,24?,26?,27?,28?;;;/m0.../s1. The molecule has 2 aliphatic heterocycles. The molecule has 5 aliphatic rings. The SMILES string of the molecule is CC.O=C(NCC1N=CNN1)[C@H]1C[C@@H]1CCC12COC3(c4cccc(Oc5ccccc5)c4)CCC13C2.[HH].[HH]. The molecule has 2 aromatic rings. The average molecular weight is 507 g/mol. The van der Waals surface area contributed by atoms with E-state index >= 15 is 0 Å². The van der Waals surface area contributed by atoms with E-state index in [4.69, 9.17) is 9.47 Å². The van der Waals surface area contributed by atoms with Gasteiger partial charge in [0, 0.05) is 19.6 Å². The Morgan fingerprint density at radius 2 is 2.00 bits per heavy atom. The molecule has 0 radical (unpaired) electrons. The Labute approximate surface area is 222 Å². The van der Waals surface area contributed by atoms with Crippen molar-refractivity contribution in [2.75, 3.05) is 13.2 Å². The number of benzene rings is 2. The van der Waals surface area contributed by atoms with E-state index in [2.05, 4.69) is 39.4 Å². The van der Waals surface area contributed by atoms with Crippen molar-refractivity contribution in [3.63, 3.8) is 0 Å². The van der Waals surface area contributed by atoms with Crippen molar-refractivity contribution in [2.24, 2.45) is 27.7 Å². The van der Waals surface area contributed by atoms with Gasteiger partial charge >= 0.3 is 0 Å². The summed E-state index contributed by atoms with van der Waals surface area (Å²) in [5.41, 5.74) is 7.50. The van der Waals surface area contributed by atoms with E-state index in [9.17, 15) is 4.79 Å². The number of nitrogens with one attached hydrogen (secondary N) is 3. The predicted molar refractivity (Wildman–Crippen MR) is 147 cm³/mol. The zero-order valence-corrected chi connectivity index (χ0v) is 21.8. The van der Waals surface area contributed by atoms with Crippen LogP contribution in [0.2, 0.25) is 0 Å². The third-order valence-corrected chi connectivity index (χ3v) is 9.37. The van der Waals surface area contributed by atoms with Crippen LogP contribution in [0.5, 0.6) is 11.5 Å². The van der Waals surface area contributed by atoms with Crippen molar-refractivity contribution < 1.29 is 17.1 Å². The Morgan fingerprint density at radius 3 is 2.76 bits per heavy atom. The van der Waals surface area contributed by atoms with Gasteiger partial charge in [0.25, 0.3) is 0 Å². The highest BCUT2D eigenvalue weighted by molar-refractivity contribution is 5.81. The highest BCUT2D eigenvalue weighted by Crippen LogP contribution is 2.87. The first kappa shape index (κ1) is 24.4. The molecule has 1 saturated heterocycles. The summed E-state index contributed by atoms with van der Waals surface area (Å²) in [5, 5.41) is 3.05. The number of amides is 1. The van der Waals surface area contributed by atoms with Gasteiger partial charge in [0.05, 0.1) is 25.1 Å². The maximum absolute atomic E-state index is 12.5. The number of aliphatic imine (C=N–C) groups is 1. The van der Waals surface area contributed by atoms with Crippen molar-refractivity contribution in [3.8, 4) is 11.5 Å². The Balaban J connectivity index is 0.000000863. The maximum atomic E-state index is 12.5. The molecule has 7 rings (SSSR count). The fourth-order valence-corrected chi connectivity index (χ4v) is 7.19. The van der Waals surface area contributed by atoms with Crippen molar-refractivity contribution in [2.45, 2.75) is 64.1 Å². The summed E-state index contributed by atoms with van der Waals surface area (Å²) in [6.07, 6.45) is 8.45. The fraction of sp³-hybridized carbons (Fsp3) is 0.533. The first-order valence-corrected chi connectivity index (χ1v) is 13.9. The van der Waals surface area contributed by atoms with E-state index in [1.165, 1.54) is 24.8 Å². The molecule has 0 aromatic heterocycles. The number of carbonyl (C=O) groups is 1. The van der Waals surface area contributed by atoms with Crippen LogP contribution in [-0.2, 0) is 15.1 Å². The molecule has 4 fully saturated rings. The second kappa shape index (κ2) is 9.44. The molecule has 200 valence electrons. The van der Waals surface area contributed by atoms with E-state index in [1.54, 1.807) is 6.34 Å². The van der Waals surface area contributed by atoms with Crippen LogP contribution >= 0.6 is 0 Å². The molecule has 37 heavy (non-hydrogen) atoms. The lowest BCUT2D eigenvalue weighted by atomic mass is 9.60. The van der Waals surface area contributed by atoms with Gasteiger partial charge in [0.1, 0.15) is 17.7 Å². The van der Waals surface area contributed by atoms with Crippen LogP contribution in [0.1, 0.15) is 60.8 Å². The maximum Gasteiger partial charge on any atom is 0.223 e. The van der Waals surface area contributed by atoms with Crippen LogP contribution in [-0.4, -0.2) is 31.6 Å². The van der Waals surface area contributed by atoms with E-state index in [1.807, 2.05) is 50.2 Å². The average Bonchev–Trinajstić information content (AvgIpc) is 3.77. The van der Waals surface area contributed by atoms with Gasteiger partial charge in [-0.3, -0.25) is 9.79 Å². The van der Waals surface area contributed by atoms with E-state index in [0.717, 1.165) is 37.4 Å². The van der Waals surface area contributed by atoms with Gasteiger partial charge in [0.2, 0.25) is 5.91 Å². The lowest BCUT2D eigenvalue weighted by Gasteiger charge is -2.48. The molecular formula is C30H42N4O3. The molecule has 0 bridgehead atoms. The molecule has 4 unspecified atom stereocenters. The van der Waals surface area contributed by atoms with Gasteiger partial charge in [-0.15, -0.1) is 0 Å². The van der Waals surface area contributed by atoms with Crippen LogP contribution in [0.15, 0.2) is 59.6 Å². The van der Waals surface area contributed by atoms with Gasteiger partial charge in [-0.05, 0) is 74.3 Å². The highest BCUT2D eigenvalue weighted by atomic mass is 16.5. The monoisotopic (exact) mass is 506 g/mol. The third kappa shape index (κ3) is 4.03. The van der Waals surface area contributed by atoms with Crippen LogP contribution in [0.3, 0.4) is 0 Å². The zero-order chi connectivity index (χ0) is 25.5. The van der Waals surface area contributed by atoms with E-state index in [0.29, 0.717) is 17.9 Å². The van der Waals surface area contributed by atoms with Crippen molar-refractivity contribution in [1.29, 1.82) is 0 Å². The lowest BCUT2D eigenvalue weighted by molar-refractivity contribution is -0.125. The first-order chi connectivity index (χ1) is 18.1. The van der Waals surface area contributed by atoms with Crippen LogP contribution in [0, 0.1) is 22.7 Å². The first-order valence-electron chi connectivity index (χ1n) is 13.9. The Bertz CT molecular complexity index is 1180. The summed E-state index contributed by atoms with van der Waals surface area (Å²) < 4.78 is 12.8. The predicted octanol–water partition coefficient (Wildman–Crippen LogP) is 5.39. The number of hydrogen-bond donors (Lipinski definition) is 3. The smallest absolute Gasteiger partial charge is 0.223 e. The quantitative estimate of drug-likeness (QED) is 0.425. The number of nitrogens with zero attached hydrogens (tertiary/aromatic N) is 1. The summed E-state index contributed by atoms with van der Waals surface area (Å²) in [5.74, 6) is 2.58. The lowest BCUT2D eigenvalue weighted by Crippen LogP contribution is -2.46. The molecule has 3 aliphatic carbocycles. The summed E-state index contributed by atoms with van der Waals surface area (Å²) in [6.45, 7) is 5.38. The minimum Gasteiger partial charge on any atom is -0.457 e. The molecule has 7 nitrogen and oxygen atoms in total. The Hall–Kier alpha value is -2.90. The molecule has 1 spiro atoms. The molecule has 6 atom stereocenters. The topological polar surface area (TPSA) is 84.0 Å². The molecule has 3 N–H and O–H groups in total. The van der Waals surface area contributed by atoms with Crippen LogP contribution < -0.4 is 20.9 Å². The van der Waals surface area contributed by atoms with Crippen molar-refractivity contribution in [3.05, 3.63) is 60.2 Å². The van der Waals surface area contributed by atoms with E-state index in [-0.39, 0.29) is 31.9 Å². The summed E-state index contributed by atoms with van der Waals surface area (Å²) in [7, 11) is 0. The summed E-state index contributed by atoms with van der Waals surface area (Å²) in [4.78, 5) is 16.7.